The smallest absolute Gasteiger partial charge is 0.456 e. The molecule has 10 heteroatoms. The van der Waals surface area contributed by atoms with Gasteiger partial charge in [-0.1, -0.05) is 255 Å². The lowest BCUT2D eigenvalue weighted by Gasteiger charge is -2.27. The lowest BCUT2D eigenvalue weighted by molar-refractivity contribution is -0.870. The number of likely N-dealkylation sites (N-methyl/N-ethyl adjacent to an activating group) is 1. The average molecular weight is 1040 g/mol. The third-order valence-electron chi connectivity index (χ3n) is 13.2. The highest BCUT2D eigenvalue weighted by atomic mass is 31.2. The molecule has 0 spiro atoms. The number of hydrogen-bond donors (Lipinski definition) is 2. The number of rotatable bonds is 54. The third kappa shape index (κ3) is 54.1. The molecule has 0 bridgehead atoms. The van der Waals surface area contributed by atoms with E-state index in [0.29, 0.717) is 17.4 Å². The maximum absolute atomic E-state index is 13.5. The predicted molar refractivity (Wildman–Crippen MR) is 314 cm³/mol. The Kier molecular flexibility index (Phi) is 51.0. The molecule has 3 atom stereocenters. The van der Waals surface area contributed by atoms with E-state index in [9.17, 15) is 19.0 Å². The van der Waals surface area contributed by atoms with Crippen LogP contribution in [0.1, 0.15) is 265 Å². The molecule has 0 aliphatic carbocycles. The van der Waals surface area contributed by atoms with E-state index < -0.39 is 20.0 Å². The summed E-state index contributed by atoms with van der Waals surface area (Å²) in [6.45, 7) is 6.87. The third-order valence-corrected chi connectivity index (χ3v) is 14.1. The van der Waals surface area contributed by atoms with Gasteiger partial charge in [0.2, 0.25) is 5.91 Å². The SMILES string of the molecule is CC/C=C\C/C=C\C/C=C\C/C=C\C/C=C\CCCC(=O)NC(COP(=O)(O)OCC[N+](C)(C)C)C(/C=C/CCCCCCCCCCCCC)OC(=O)CCCCCCCCCCCCCCCCCCC. The van der Waals surface area contributed by atoms with Crippen LogP contribution in [0.15, 0.2) is 72.9 Å². The molecule has 0 radical (unpaired) electrons. The standard InChI is InChI=1S/C63H115N2O7P/c1-7-10-13-16-19-22-25-28-30-32-34-37-40-43-46-49-52-55-62(66)64-60(59-71-73(68,69)70-58-57-65(4,5)6)61(54-51-48-45-42-39-36-27-24-21-18-15-12-9-3)72-63(67)56-53-50-47-44-41-38-35-33-31-29-26-23-20-17-14-11-8-2/h10,13,19,22,28,30,34,37,43,46,51,54,60-61H,7-9,11-12,14-18,20-21,23-27,29,31-33,35-36,38-42,44-45,47-50,52-53,55-59H2,1-6H3,(H-,64,66,68,69)/p+1/b13-10-,22-19-,30-28-,37-34-,46-43-,54-51+. The molecular formula is C63H116N2O7P+. The molecular weight excluding hydrogens is 928 g/mol. The Morgan fingerprint density at radius 3 is 1.33 bits per heavy atom. The molecule has 424 valence electrons. The number of unbranched alkanes of at least 4 members (excludes halogenated alkanes) is 28. The van der Waals surface area contributed by atoms with Crippen molar-refractivity contribution in [2.75, 3.05) is 40.9 Å². The van der Waals surface area contributed by atoms with Crippen molar-refractivity contribution in [2.24, 2.45) is 0 Å². The van der Waals surface area contributed by atoms with Crippen molar-refractivity contribution in [2.45, 2.75) is 277 Å². The second kappa shape index (κ2) is 52.9. The van der Waals surface area contributed by atoms with Crippen LogP contribution >= 0.6 is 7.82 Å². The first-order valence-electron chi connectivity index (χ1n) is 30.3. The number of carbonyl (C=O) groups excluding carboxylic acids is 2. The van der Waals surface area contributed by atoms with E-state index in [0.717, 1.165) is 77.0 Å². The van der Waals surface area contributed by atoms with Crippen LogP contribution in [-0.4, -0.2) is 74.3 Å². The van der Waals surface area contributed by atoms with Gasteiger partial charge in [0, 0.05) is 12.8 Å². The quantitative estimate of drug-likeness (QED) is 0.0205. The Morgan fingerprint density at radius 2 is 0.890 bits per heavy atom. The number of nitrogens with zero attached hydrogens (tertiary/aromatic N) is 1. The van der Waals surface area contributed by atoms with Crippen molar-refractivity contribution in [1.29, 1.82) is 0 Å². The van der Waals surface area contributed by atoms with Gasteiger partial charge in [-0.2, -0.15) is 0 Å². The first-order chi connectivity index (χ1) is 35.4. The van der Waals surface area contributed by atoms with Crippen molar-refractivity contribution in [1.82, 2.24) is 5.32 Å². The molecule has 3 unspecified atom stereocenters. The summed E-state index contributed by atoms with van der Waals surface area (Å²) in [5, 5.41) is 3.02. The van der Waals surface area contributed by atoms with Gasteiger partial charge in [0.05, 0.1) is 33.8 Å². The van der Waals surface area contributed by atoms with E-state index in [2.05, 4.69) is 86.8 Å². The van der Waals surface area contributed by atoms with Crippen molar-refractivity contribution in [3.05, 3.63) is 72.9 Å². The highest BCUT2D eigenvalue weighted by molar-refractivity contribution is 7.47. The summed E-state index contributed by atoms with van der Waals surface area (Å²) < 4.78 is 30.6. The molecule has 0 fully saturated rings. The number of hydrogen-bond acceptors (Lipinski definition) is 6. The maximum atomic E-state index is 13.5. The Hall–Kier alpha value is -2.55. The molecule has 2 N–H and O–H groups in total. The molecule has 0 saturated heterocycles. The molecule has 73 heavy (non-hydrogen) atoms. The van der Waals surface area contributed by atoms with E-state index in [1.165, 1.54) is 148 Å². The van der Waals surface area contributed by atoms with Crippen LogP contribution in [0.25, 0.3) is 0 Å². The zero-order valence-electron chi connectivity index (χ0n) is 48.4. The van der Waals surface area contributed by atoms with Crippen LogP contribution in [0.3, 0.4) is 0 Å². The molecule has 0 aliphatic rings. The first-order valence-corrected chi connectivity index (χ1v) is 31.8. The fraction of sp³-hybridized carbons (Fsp3) is 0.778. The van der Waals surface area contributed by atoms with Crippen LogP contribution in [0.4, 0.5) is 0 Å². The Labute approximate surface area is 451 Å². The number of esters is 1. The van der Waals surface area contributed by atoms with Gasteiger partial charge in [-0.05, 0) is 70.3 Å². The molecule has 0 saturated carbocycles. The number of quaternary nitrogens is 1. The minimum absolute atomic E-state index is 0.0285. The number of allylic oxidation sites excluding steroid dienone is 11. The summed E-state index contributed by atoms with van der Waals surface area (Å²) in [6.07, 6.45) is 67.6. The van der Waals surface area contributed by atoms with E-state index in [4.69, 9.17) is 13.8 Å². The Balaban J connectivity index is 5.40. The van der Waals surface area contributed by atoms with Crippen molar-refractivity contribution < 1.29 is 37.3 Å². The van der Waals surface area contributed by atoms with Gasteiger partial charge in [-0.25, -0.2) is 4.57 Å². The van der Waals surface area contributed by atoms with Gasteiger partial charge >= 0.3 is 13.8 Å². The second-order valence-corrected chi connectivity index (χ2v) is 23.0. The monoisotopic (exact) mass is 1040 g/mol. The molecule has 1 amide bonds. The summed E-state index contributed by atoms with van der Waals surface area (Å²) in [6, 6.07) is -0.878. The number of ether oxygens (including phenoxy) is 1. The van der Waals surface area contributed by atoms with Crippen molar-refractivity contribution >= 4 is 19.7 Å². The summed E-state index contributed by atoms with van der Waals surface area (Å²) in [5.74, 6) is -0.568. The van der Waals surface area contributed by atoms with Crippen LogP contribution < -0.4 is 5.32 Å². The molecule has 0 aromatic rings. The number of phosphoric ester groups is 1. The van der Waals surface area contributed by atoms with E-state index >= 15 is 0 Å². The lowest BCUT2D eigenvalue weighted by Crippen LogP contribution is -2.47. The lowest BCUT2D eigenvalue weighted by atomic mass is 10.0. The van der Waals surface area contributed by atoms with Gasteiger partial charge in [0.15, 0.2) is 0 Å². The highest BCUT2D eigenvalue weighted by Gasteiger charge is 2.30. The fourth-order valence-electron chi connectivity index (χ4n) is 8.51. The van der Waals surface area contributed by atoms with Gasteiger partial charge in [-0.3, -0.25) is 18.6 Å². The van der Waals surface area contributed by atoms with Gasteiger partial charge < -0.3 is 19.4 Å². The van der Waals surface area contributed by atoms with Crippen LogP contribution in [-0.2, 0) is 27.9 Å². The molecule has 9 nitrogen and oxygen atoms in total. The summed E-state index contributed by atoms with van der Waals surface area (Å²) >= 11 is 0. The Morgan fingerprint density at radius 1 is 0.493 bits per heavy atom. The molecule has 0 heterocycles. The second-order valence-electron chi connectivity index (χ2n) is 21.5. The minimum Gasteiger partial charge on any atom is -0.456 e. The van der Waals surface area contributed by atoms with Crippen molar-refractivity contribution in [3.63, 3.8) is 0 Å². The number of nitrogens with one attached hydrogen (secondary N) is 1. The average Bonchev–Trinajstić information content (AvgIpc) is 3.35. The van der Waals surface area contributed by atoms with Gasteiger partial charge in [0.1, 0.15) is 19.3 Å². The molecule has 0 aliphatic heterocycles. The largest absolute Gasteiger partial charge is 0.472 e. The van der Waals surface area contributed by atoms with Gasteiger partial charge in [0.25, 0.3) is 0 Å². The first kappa shape index (κ1) is 70.5. The van der Waals surface area contributed by atoms with Crippen LogP contribution in [0.2, 0.25) is 0 Å². The topological polar surface area (TPSA) is 111 Å². The number of phosphoric acid groups is 1. The molecule has 0 rings (SSSR count). The highest BCUT2D eigenvalue weighted by Crippen LogP contribution is 2.43. The van der Waals surface area contributed by atoms with Gasteiger partial charge in [-0.15, -0.1) is 0 Å². The minimum atomic E-state index is -4.46. The zero-order valence-corrected chi connectivity index (χ0v) is 49.3. The maximum Gasteiger partial charge on any atom is 0.472 e. The zero-order chi connectivity index (χ0) is 53.6. The van der Waals surface area contributed by atoms with E-state index in [-0.39, 0.29) is 37.9 Å². The van der Waals surface area contributed by atoms with Crippen LogP contribution in [0.5, 0.6) is 0 Å². The summed E-state index contributed by atoms with van der Waals surface area (Å²) in [4.78, 5) is 37.6. The van der Waals surface area contributed by atoms with Crippen molar-refractivity contribution in [3.8, 4) is 0 Å². The number of carbonyl (C=O) groups is 2. The fourth-order valence-corrected chi connectivity index (χ4v) is 9.24. The van der Waals surface area contributed by atoms with E-state index in [1.807, 2.05) is 33.3 Å². The Bertz CT molecular complexity index is 1480. The predicted octanol–water partition coefficient (Wildman–Crippen LogP) is 18.4. The summed E-state index contributed by atoms with van der Waals surface area (Å²) in [7, 11) is 1.46. The normalized spacial score (nSPS) is 14.2. The van der Waals surface area contributed by atoms with Crippen LogP contribution in [0, 0.1) is 0 Å². The summed E-state index contributed by atoms with van der Waals surface area (Å²) in [5.41, 5.74) is 0. The van der Waals surface area contributed by atoms with E-state index in [1.54, 1.807) is 0 Å². The molecule has 0 aromatic carbocycles. The number of amides is 1. The molecule has 0 aromatic heterocycles.